The largest absolute Gasteiger partial charge is 0.383 e. The first-order valence-electron chi connectivity index (χ1n) is 5.53. The van der Waals surface area contributed by atoms with Gasteiger partial charge in [0.05, 0.1) is 6.20 Å². The lowest BCUT2D eigenvalue weighted by Gasteiger charge is -2.06. The third-order valence-corrected chi connectivity index (χ3v) is 2.35. The number of carbonyl (C=O) groups excluding carboxylic acids is 1. The van der Waals surface area contributed by atoms with Crippen LogP contribution >= 0.6 is 0 Å². The molecule has 88 valence electrons. The van der Waals surface area contributed by atoms with Crippen LogP contribution in [0.15, 0.2) is 18.5 Å². The monoisotopic (exact) mass is 221 g/mol. The molecule has 0 fully saturated rings. The zero-order chi connectivity index (χ0) is 12.1. The molecule has 0 unspecified atom stereocenters. The van der Waals surface area contributed by atoms with Crippen LogP contribution in [0, 0.1) is 0 Å². The van der Waals surface area contributed by atoms with Gasteiger partial charge in [0.15, 0.2) is 0 Å². The van der Waals surface area contributed by atoms with Gasteiger partial charge in [-0.25, -0.2) is 4.98 Å². The van der Waals surface area contributed by atoms with Crippen molar-refractivity contribution in [3.05, 3.63) is 30.0 Å². The van der Waals surface area contributed by atoms with E-state index in [1.807, 2.05) is 37.4 Å². The van der Waals surface area contributed by atoms with Crippen LogP contribution in [0.3, 0.4) is 0 Å². The number of aromatic nitrogens is 2. The second-order valence-corrected chi connectivity index (χ2v) is 3.80. The second-order valence-electron chi connectivity index (χ2n) is 3.80. The molecule has 0 atom stereocenters. The average molecular weight is 221 g/mol. The van der Waals surface area contributed by atoms with Gasteiger partial charge in [-0.1, -0.05) is 6.92 Å². The highest BCUT2D eigenvalue weighted by molar-refractivity contribution is 6.03. The SMILES string of the molecule is CCc1ncc(C(=O)C=CN(C)C)n1CC. The molecule has 16 heavy (non-hydrogen) atoms. The quantitative estimate of drug-likeness (QED) is 0.561. The van der Waals surface area contributed by atoms with Crippen molar-refractivity contribution in [2.75, 3.05) is 14.1 Å². The Bertz CT molecular complexity index is 391. The number of rotatable bonds is 5. The molecule has 1 aromatic rings. The lowest BCUT2D eigenvalue weighted by Crippen LogP contribution is -2.10. The number of nitrogens with zero attached hydrogens (tertiary/aromatic N) is 3. The van der Waals surface area contributed by atoms with E-state index < -0.39 is 0 Å². The zero-order valence-corrected chi connectivity index (χ0v) is 10.4. The molecule has 4 heteroatoms. The predicted octanol–water partition coefficient (Wildman–Crippen LogP) is 1.72. The molecule has 0 bridgehead atoms. The van der Waals surface area contributed by atoms with Crippen LogP contribution in [0.1, 0.15) is 30.2 Å². The summed E-state index contributed by atoms with van der Waals surface area (Å²) >= 11 is 0. The van der Waals surface area contributed by atoms with Crippen LogP contribution in [-0.4, -0.2) is 34.3 Å². The van der Waals surface area contributed by atoms with Crippen LogP contribution in [0.5, 0.6) is 0 Å². The molecule has 0 aliphatic carbocycles. The normalized spacial score (nSPS) is 11.0. The van der Waals surface area contributed by atoms with Gasteiger partial charge in [-0.3, -0.25) is 4.79 Å². The first-order valence-corrected chi connectivity index (χ1v) is 5.53. The van der Waals surface area contributed by atoms with Gasteiger partial charge in [-0.2, -0.15) is 0 Å². The lowest BCUT2D eigenvalue weighted by atomic mass is 10.3. The number of allylic oxidation sites excluding steroid dienone is 1. The van der Waals surface area contributed by atoms with Crippen LogP contribution in [0.25, 0.3) is 0 Å². The van der Waals surface area contributed by atoms with Crippen molar-refractivity contribution >= 4 is 5.78 Å². The van der Waals surface area contributed by atoms with Gasteiger partial charge in [0.1, 0.15) is 11.5 Å². The molecular formula is C12H19N3O. The molecule has 0 aliphatic heterocycles. The van der Waals surface area contributed by atoms with Gasteiger partial charge in [0.2, 0.25) is 5.78 Å². The van der Waals surface area contributed by atoms with Crippen molar-refractivity contribution < 1.29 is 4.79 Å². The minimum Gasteiger partial charge on any atom is -0.383 e. The van der Waals surface area contributed by atoms with Crippen LogP contribution in [0.4, 0.5) is 0 Å². The molecular weight excluding hydrogens is 202 g/mol. The molecule has 0 radical (unpaired) electrons. The van der Waals surface area contributed by atoms with Crippen molar-refractivity contribution in [1.29, 1.82) is 0 Å². The Labute approximate surface area is 96.6 Å². The predicted molar refractivity (Wildman–Crippen MR) is 64.4 cm³/mol. The Kier molecular flexibility index (Phi) is 4.28. The van der Waals surface area contributed by atoms with Crippen molar-refractivity contribution in [1.82, 2.24) is 14.5 Å². The van der Waals surface area contributed by atoms with Gasteiger partial charge in [0.25, 0.3) is 0 Å². The second kappa shape index (κ2) is 5.49. The first-order chi connectivity index (χ1) is 7.60. The summed E-state index contributed by atoms with van der Waals surface area (Å²) in [7, 11) is 3.77. The van der Waals surface area contributed by atoms with E-state index >= 15 is 0 Å². The molecule has 0 saturated heterocycles. The molecule has 0 saturated carbocycles. The molecule has 1 heterocycles. The van der Waals surface area contributed by atoms with E-state index in [0.717, 1.165) is 18.8 Å². The van der Waals surface area contributed by atoms with Gasteiger partial charge in [0, 0.05) is 39.3 Å². The molecule has 1 rings (SSSR count). The Morgan fingerprint density at radius 1 is 1.50 bits per heavy atom. The van der Waals surface area contributed by atoms with E-state index in [1.54, 1.807) is 18.5 Å². The topological polar surface area (TPSA) is 38.1 Å². The number of ketones is 1. The molecule has 0 N–H and O–H groups in total. The fraction of sp³-hybridized carbons (Fsp3) is 0.500. The van der Waals surface area contributed by atoms with E-state index in [2.05, 4.69) is 4.98 Å². The highest BCUT2D eigenvalue weighted by Gasteiger charge is 2.11. The number of aryl methyl sites for hydroxylation is 1. The van der Waals surface area contributed by atoms with E-state index in [1.165, 1.54) is 0 Å². The number of imidazole rings is 1. The lowest BCUT2D eigenvalue weighted by molar-refractivity contribution is 0.103. The first kappa shape index (κ1) is 12.5. The van der Waals surface area contributed by atoms with E-state index in [0.29, 0.717) is 5.69 Å². The smallest absolute Gasteiger partial charge is 0.205 e. The molecule has 1 aromatic heterocycles. The van der Waals surface area contributed by atoms with Crippen molar-refractivity contribution in [3.63, 3.8) is 0 Å². The summed E-state index contributed by atoms with van der Waals surface area (Å²) in [6, 6.07) is 0. The van der Waals surface area contributed by atoms with Crippen molar-refractivity contribution in [2.24, 2.45) is 0 Å². The molecule has 0 spiro atoms. The summed E-state index contributed by atoms with van der Waals surface area (Å²) in [4.78, 5) is 18.0. The van der Waals surface area contributed by atoms with E-state index in [-0.39, 0.29) is 5.78 Å². The van der Waals surface area contributed by atoms with Crippen LogP contribution in [-0.2, 0) is 13.0 Å². The summed E-state index contributed by atoms with van der Waals surface area (Å²) in [5, 5.41) is 0. The van der Waals surface area contributed by atoms with Crippen molar-refractivity contribution in [2.45, 2.75) is 26.8 Å². The zero-order valence-electron chi connectivity index (χ0n) is 10.4. The number of hydrogen-bond donors (Lipinski definition) is 0. The third-order valence-electron chi connectivity index (χ3n) is 2.35. The minimum absolute atomic E-state index is 0.00255. The Morgan fingerprint density at radius 2 is 2.19 bits per heavy atom. The summed E-state index contributed by atoms with van der Waals surface area (Å²) in [6.07, 6.45) is 5.83. The summed E-state index contributed by atoms with van der Waals surface area (Å²) in [5.74, 6) is 0.965. The Hall–Kier alpha value is -1.58. The number of hydrogen-bond acceptors (Lipinski definition) is 3. The summed E-state index contributed by atoms with van der Waals surface area (Å²) in [5.41, 5.74) is 0.664. The fourth-order valence-corrected chi connectivity index (χ4v) is 1.55. The number of carbonyl (C=O) groups is 1. The molecule has 0 aromatic carbocycles. The third kappa shape index (κ3) is 2.72. The summed E-state index contributed by atoms with van der Waals surface area (Å²) < 4.78 is 1.96. The van der Waals surface area contributed by atoms with Gasteiger partial charge in [-0.05, 0) is 6.92 Å². The summed E-state index contributed by atoms with van der Waals surface area (Å²) in [6.45, 7) is 4.84. The van der Waals surface area contributed by atoms with Crippen LogP contribution < -0.4 is 0 Å². The van der Waals surface area contributed by atoms with Gasteiger partial charge < -0.3 is 9.47 Å². The Balaban J connectivity index is 2.95. The average Bonchev–Trinajstić information content (AvgIpc) is 2.68. The maximum Gasteiger partial charge on any atom is 0.205 e. The highest BCUT2D eigenvalue weighted by atomic mass is 16.1. The van der Waals surface area contributed by atoms with Crippen LogP contribution in [0.2, 0.25) is 0 Å². The van der Waals surface area contributed by atoms with Crippen molar-refractivity contribution in [3.8, 4) is 0 Å². The highest BCUT2D eigenvalue weighted by Crippen LogP contribution is 2.08. The maximum atomic E-state index is 11.9. The Morgan fingerprint density at radius 3 is 2.69 bits per heavy atom. The molecule has 4 nitrogen and oxygen atoms in total. The minimum atomic E-state index is 0.00255. The maximum absolute atomic E-state index is 11.9. The van der Waals surface area contributed by atoms with Gasteiger partial charge >= 0.3 is 0 Å². The standard InChI is InChI=1S/C12H19N3O/c1-5-12-13-9-10(15(12)6-2)11(16)7-8-14(3)4/h7-9H,5-6H2,1-4H3. The van der Waals surface area contributed by atoms with E-state index in [4.69, 9.17) is 0 Å². The van der Waals surface area contributed by atoms with E-state index in [9.17, 15) is 4.79 Å². The molecule has 0 aliphatic rings. The molecule has 0 amide bonds. The fourth-order valence-electron chi connectivity index (χ4n) is 1.55. The van der Waals surface area contributed by atoms with Gasteiger partial charge in [-0.15, -0.1) is 0 Å².